The number of halogens is 4. The van der Waals surface area contributed by atoms with Gasteiger partial charge in [-0.25, -0.2) is 4.39 Å². The maximum Gasteiger partial charge on any atom is 0.418 e. The van der Waals surface area contributed by atoms with Crippen LogP contribution in [0.3, 0.4) is 0 Å². The van der Waals surface area contributed by atoms with E-state index < -0.39 is 23.5 Å². The standard InChI is InChI=1S/C19H13F4N3O/c20-12-4-3-5-13(10-12)26-18(27)17-11-14(8-9-24-17)25-16-7-2-1-6-15(16)19(21,22)23/h1-11H,(H,24,25)(H,26,27). The van der Waals surface area contributed by atoms with E-state index in [-0.39, 0.29) is 22.8 Å². The number of pyridine rings is 1. The number of carbonyl (C=O) groups excluding carboxylic acids is 1. The molecule has 0 fully saturated rings. The van der Waals surface area contributed by atoms with Gasteiger partial charge < -0.3 is 10.6 Å². The Hall–Kier alpha value is -3.42. The van der Waals surface area contributed by atoms with E-state index in [0.29, 0.717) is 0 Å². The third-order valence-electron chi connectivity index (χ3n) is 3.59. The second-order valence-electron chi connectivity index (χ2n) is 5.56. The highest BCUT2D eigenvalue weighted by atomic mass is 19.4. The molecule has 0 unspecified atom stereocenters. The summed E-state index contributed by atoms with van der Waals surface area (Å²) in [5.41, 5.74) is -0.511. The molecule has 138 valence electrons. The van der Waals surface area contributed by atoms with Crippen LogP contribution in [0, 0.1) is 5.82 Å². The first kappa shape index (κ1) is 18.4. The summed E-state index contributed by atoms with van der Waals surface area (Å²) in [6.07, 6.45) is -3.23. The molecule has 0 aliphatic rings. The van der Waals surface area contributed by atoms with Crippen LogP contribution in [0.15, 0.2) is 66.9 Å². The van der Waals surface area contributed by atoms with E-state index in [1.165, 1.54) is 54.7 Å². The lowest BCUT2D eigenvalue weighted by atomic mass is 10.1. The summed E-state index contributed by atoms with van der Waals surface area (Å²) in [7, 11) is 0. The van der Waals surface area contributed by atoms with Gasteiger partial charge in [-0.15, -0.1) is 0 Å². The number of amides is 1. The van der Waals surface area contributed by atoms with E-state index >= 15 is 0 Å². The molecule has 1 aromatic heterocycles. The molecule has 0 aliphatic carbocycles. The van der Waals surface area contributed by atoms with Crippen LogP contribution >= 0.6 is 0 Å². The summed E-state index contributed by atoms with van der Waals surface area (Å²) in [6, 6.07) is 13.1. The largest absolute Gasteiger partial charge is 0.418 e. The SMILES string of the molecule is O=C(Nc1cccc(F)c1)c1cc(Nc2ccccc2C(F)(F)F)ccn1. The van der Waals surface area contributed by atoms with E-state index in [1.807, 2.05) is 0 Å². The van der Waals surface area contributed by atoms with Crippen molar-refractivity contribution >= 4 is 23.0 Å². The molecule has 2 aromatic carbocycles. The Morgan fingerprint density at radius 1 is 0.926 bits per heavy atom. The highest BCUT2D eigenvalue weighted by molar-refractivity contribution is 6.03. The Labute approximate surface area is 151 Å². The number of anilines is 3. The minimum atomic E-state index is -4.52. The maximum atomic E-state index is 13.2. The number of rotatable bonds is 4. The number of nitrogens with zero attached hydrogens (tertiary/aromatic N) is 1. The van der Waals surface area contributed by atoms with Crippen molar-refractivity contribution in [1.29, 1.82) is 0 Å². The van der Waals surface area contributed by atoms with Crippen molar-refractivity contribution in [2.24, 2.45) is 0 Å². The zero-order valence-electron chi connectivity index (χ0n) is 13.7. The molecular formula is C19H13F4N3O. The van der Waals surface area contributed by atoms with Gasteiger partial charge in [-0.1, -0.05) is 18.2 Å². The molecule has 0 spiro atoms. The lowest BCUT2D eigenvalue weighted by Gasteiger charge is -2.14. The fraction of sp³-hybridized carbons (Fsp3) is 0.0526. The van der Waals surface area contributed by atoms with Gasteiger partial charge in [0, 0.05) is 17.6 Å². The fourth-order valence-corrected chi connectivity index (χ4v) is 2.39. The van der Waals surface area contributed by atoms with Crippen LogP contribution in [-0.4, -0.2) is 10.9 Å². The molecule has 8 heteroatoms. The highest BCUT2D eigenvalue weighted by Gasteiger charge is 2.33. The number of hydrogen-bond donors (Lipinski definition) is 2. The minimum Gasteiger partial charge on any atom is -0.355 e. The van der Waals surface area contributed by atoms with Crippen LogP contribution in [0.4, 0.5) is 34.6 Å². The molecule has 3 aromatic rings. The van der Waals surface area contributed by atoms with Gasteiger partial charge >= 0.3 is 6.18 Å². The van der Waals surface area contributed by atoms with E-state index in [0.717, 1.165) is 12.1 Å². The summed E-state index contributed by atoms with van der Waals surface area (Å²) in [5, 5.41) is 5.12. The van der Waals surface area contributed by atoms with Crippen LogP contribution < -0.4 is 10.6 Å². The van der Waals surface area contributed by atoms with Crippen molar-refractivity contribution in [3.05, 3.63) is 83.9 Å². The third-order valence-corrected chi connectivity index (χ3v) is 3.59. The lowest BCUT2D eigenvalue weighted by Crippen LogP contribution is -2.14. The van der Waals surface area contributed by atoms with Gasteiger partial charge in [0.25, 0.3) is 5.91 Å². The number of nitrogens with one attached hydrogen (secondary N) is 2. The summed E-state index contributed by atoms with van der Waals surface area (Å²) < 4.78 is 52.5. The normalized spacial score (nSPS) is 11.1. The van der Waals surface area contributed by atoms with Crippen LogP contribution in [0.1, 0.15) is 16.1 Å². The van der Waals surface area contributed by atoms with Crippen molar-refractivity contribution < 1.29 is 22.4 Å². The Morgan fingerprint density at radius 2 is 1.70 bits per heavy atom. The maximum absolute atomic E-state index is 13.2. The molecule has 0 atom stereocenters. The molecule has 0 bridgehead atoms. The number of para-hydroxylation sites is 1. The predicted molar refractivity (Wildman–Crippen MR) is 93.3 cm³/mol. The van der Waals surface area contributed by atoms with E-state index in [4.69, 9.17) is 0 Å². The zero-order valence-corrected chi connectivity index (χ0v) is 13.7. The van der Waals surface area contributed by atoms with Crippen molar-refractivity contribution in [2.45, 2.75) is 6.18 Å². The van der Waals surface area contributed by atoms with E-state index in [9.17, 15) is 22.4 Å². The number of aromatic nitrogens is 1. The smallest absolute Gasteiger partial charge is 0.355 e. The second-order valence-corrected chi connectivity index (χ2v) is 5.56. The van der Waals surface area contributed by atoms with Gasteiger partial charge in [0.15, 0.2) is 0 Å². The molecule has 27 heavy (non-hydrogen) atoms. The van der Waals surface area contributed by atoms with Crippen molar-refractivity contribution in [3.63, 3.8) is 0 Å². The monoisotopic (exact) mass is 375 g/mol. The summed E-state index contributed by atoms with van der Waals surface area (Å²) in [6.45, 7) is 0. The van der Waals surface area contributed by atoms with Gasteiger partial charge in [0.2, 0.25) is 0 Å². The quantitative estimate of drug-likeness (QED) is 0.614. The number of carbonyl (C=O) groups is 1. The highest BCUT2D eigenvalue weighted by Crippen LogP contribution is 2.35. The molecule has 3 rings (SSSR count). The molecule has 0 saturated heterocycles. The Kier molecular flexibility index (Phi) is 5.07. The molecular weight excluding hydrogens is 362 g/mol. The predicted octanol–water partition coefficient (Wildman–Crippen LogP) is 5.24. The first-order valence-electron chi connectivity index (χ1n) is 7.79. The van der Waals surface area contributed by atoms with Crippen LogP contribution in [-0.2, 0) is 6.18 Å². The van der Waals surface area contributed by atoms with E-state index in [1.54, 1.807) is 0 Å². The van der Waals surface area contributed by atoms with Crippen LogP contribution in [0.25, 0.3) is 0 Å². The van der Waals surface area contributed by atoms with E-state index in [2.05, 4.69) is 15.6 Å². The van der Waals surface area contributed by atoms with Crippen molar-refractivity contribution in [1.82, 2.24) is 4.98 Å². The fourth-order valence-electron chi connectivity index (χ4n) is 2.39. The number of alkyl halides is 3. The molecule has 0 radical (unpaired) electrons. The minimum absolute atomic E-state index is 0.0336. The summed E-state index contributed by atoms with van der Waals surface area (Å²) >= 11 is 0. The van der Waals surface area contributed by atoms with Gasteiger partial charge in [-0.3, -0.25) is 9.78 Å². The Morgan fingerprint density at radius 3 is 2.44 bits per heavy atom. The van der Waals surface area contributed by atoms with Crippen LogP contribution in [0.5, 0.6) is 0 Å². The molecule has 1 amide bonds. The van der Waals surface area contributed by atoms with Crippen molar-refractivity contribution in [2.75, 3.05) is 10.6 Å². The Balaban J connectivity index is 1.81. The summed E-state index contributed by atoms with van der Waals surface area (Å²) in [5.74, 6) is -1.13. The first-order chi connectivity index (χ1) is 12.8. The second kappa shape index (κ2) is 7.45. The topological polar surface area (TPSA) is 54.0 Å². The molecule has 0 aliphatic heterocycles. The number of hydrogen-bond acceptors (Lipinski definition) is 3. The molecule has 2 N–H and O–H groups in total. The number of benzene rings is 2. The van der Waals surface area contributed by atoms with Crippen molar-refractivity contribution in [3.8, 4) is 0 Å². The molecule has 1 heterocycles. The van der Waals surface area contributed by atoms with Gasteiger partial charge in [0.1, 0.15) is 11.5 Å². The van der Waals surface area contributed by atoms with Gasteiger partial charge in [0.05, 0.1) is 11.3 Å². The van der Waals surface area contributed by atoms with Gasteiger partial charge in [-0.2, -0.15) is 13.2 Å². The lowest BCUT2D eigenvalue weighted by molar-refractivity contribution is -0.136. The average Bonchev–Trinajstić information content (AvgIpc) is 2.61. The zero-order chi connectivity index (χ0) is 19.4. The third kappa shape index (κ3) is 4.60. The molecule has 4 nitrogen and oxygen atoms in total. The first-order valence-corrected chi connectivity index (χ1v) is 7.79. The Bertz CT molecular complexity index is 973. The molecule has 0 saturated carbocycles. The van der Waals surface area contributed by atoms with Gasteiger partial charge in [-0.05, 0) is 42.5 Å². The van der Waals surface area contributed by atoms with Crippen LogP contribution in [0.2, 0.25) is 0 Å². The average molecular weight is 375 g/mol. The summed E-state index contributed by atoms with van der Waals surface area (Å²) in [4.78, 5) is 16.2.